The molecule has 0 unspecified atom stereocenters. The standard InChI is InChI=1S/C17H14N2O/c20-17-16-14(13-8-4-5-9-15(13)18-16)10-11-19(17)12-6-2-1-3-7-12/h1-9,18H,10-11H2. The first kappa shape index (κ1) is 11.3. The largest absolute Gasteiger partial charge is 0.350 e. The van der Waals surface area contributed by atoms with Crippen LogP contribution >= 0.6 is 0 Å². The zero-order valence-corrected chi connectivity index (χ0v) is 11.0. The number of carbonyl (C=O) groups is 1. The number of hydrogen-bond donors (Lipinski definition) is 1. The maximum absolute atomic E-state index is 12.7. The number of nitrogens with zero attached hydrogens (tertiary/aromatic N) is 1. The Hall–Kier alpha value is -2.55. The molecule has 2 aromatic carbocycles. The first-order valence-corrected chi connectivity index (χ1v) is 6.81. The van der Waals surface area contributed by atoms with Gasteiger partial charge in [0.15, 0.2) is 0 Å². The number of fused-ring (bicyclic) bond motifs is 3. The lowest BCUT2D eigenvalue weighted by atomic mass is 10.0. The summed E-state index contributed by atoms with van der Waals surface area (Å²) in [5.41, 5.74) is 3.89. The van der Waals surface area contributed by atoms with Crippen LogP contribution in [0, 0.1) is 0 Å². The highest BCUT2D eigenvalue weighted by Gasteiger charge is 2.28. The second kappa shape index (κ2) is 4.23. The molecule has 3 heteroatoms. The van der Waals surface area contributed by atoms with Gasteiger partial charge in [0.25, 0.3) is 5.91 Å². The Labute approximate surface area is 116 Å². The molecule has 1 amide bonds. The van der Waals surface area contributed by atoms with E-state index < -0.39 is 0 Å². The molecule has 0 spiro atoms. The van der Waals surface area contributed by atoms with Gasteiger partial charge < -0.3 is 9.88 Å². The van der Waals surface area contributed by atoms with E-state index in [4.69, 9.17) is 0 Å². The summed E-state index contributed by atoms with van der Waals surface area (Å²) < 4.78 is 0. The second-order valence-electron chi connectivity index (χ2n) is 5.07. The Morgan fingerprint density at radius 2 is 1.70 bits per heavy atom. The van der Waals surface area contributed by atoms with Crippen LogP contribution in [0.4, 0.5) is 5.69 Å². The van der Waals surface area contributed by atoms with Crippen LogP contribution in [0.5, 0.6) is 0 Å². The molecule has 98 valence electrons. The van der Waals surface area contributed by atoms with E-state index in [-0.39, 0.29) is 5.91 Å². The van der Waals surface area contributed by atoms with E-state index in [1.54, 1.807) is 0 Å². The highest BCUT2D eigenvalue weighted by molar-refractivity contribution is 6.10. The Balaban J connectivity index is 1.83. The van der Waals surface area contributed by atoms with Gasteiger partial charge in [-0.15, -0.1) is 0 Å². The number of carbonyl (C=O) groups excluding carboxylic acids is 1. The lowest BCUT2D eigenvalue weighted by Gasteiger charge is -2.26. The molecule has 1 N–H and O–H groups in total. The van der Waals surface area contributed by atoms with Gasteiger partial charge in [0, 0.05) is 23.1 Å². The lowest BCUT2D eigenvalue weighted by molar-refractivity contribution is 0.0976. The predicted octanol–water partition coefficient (Wildman–Crippen LogP) is 3.37. The minimum absolute atomic E-state index is 0.0636. The van der Waals surface area contributed by atoms with Crippen molar-refractivity contribution in [1.82, 2.24) is 4.98 Å². The summed E-state index contributed by atoms with van der Waals surface area (Å²) in [4.78, 5) is 17.8. The fraction of sp³-hybridized carbons (Fsp3) is 0.118. The van der Waals surface area contributed by atoms with E-state index in [9.17, 15) is 4.79 Å². The second-order valence-corrected chi connectivity index (χ2v) is 5.07. The smallest absolute Gasteiger partial charge is 0.275 e. The molecule has 2 heterocycles. The normalized spacial score (nSPS) is 14.6. The minimum Gasteiger partial charge on any atom is -0.350 e. The van der Waals surface area contributed by atoms with E-state index in [0.29, 0.717) is 0 Å². The van der Waals surface area contributed by atoms with Crippen molar-refractivity contribution < 1.29 is 4.79 Å². The Bertz CT molecular complexity index is 789. The summed E-state index contributed by atoms with van der Waals surface area (Å²) in [6.07, 6.45) is 0.889. The highest BCUT2D eigenvalue weighted by Crippen LogP contribution is 2.29. The molecule has 0 atom stereocenters. The van der Waals surface area contributed by atoms with Gasteiger partial charge in [-0.25, -0.2) is 0 Å². The summed E-state index contributed by atoms with van der Waals surface area (Å²) in [7, 11) is 0. The van der Waals surface area contributed by atoms with Crippen LogP contribution in [-0.4, -0.2) is 17.4 Å². The fourth-order valence-corrected chi connectivity index (χ4v) is 2.96. The number of H-pyrrole nitrogens is 1. The first-order chi connectivity index (χ1) is 9.84. The molecule has 0 aliphatic carbocycles. The Morgan fingerprint density at radius 1 is 0.950 bits per heavy atom. The van der Waals surface area contributed by atoms with Gasteiger partial charge in [0.2, 0.25) is 0 Å². The molecule has 1 aliphatic rings. The van der Waals surface area contributed by atoms with Gasteiger partial charge in [0.05, 0.1) is 0 Å². The van der Waals surface area contributed by atoms with Crippen molar-refractivity contribution in [2.24, 2.45) is 0 Å². The number of para-hydroxylation sites is 2. The number of anilines is 1. The predicted molar refractivity (Wildman–Crippen MR) is 80.1 cm³/mol. The number of aromatic amines is 1. The van der Waals surface area contributed by atoms with E-state index in [0.717, 1.165) is 35.4 Å². The lowest BCUT2D eigenvalue weighted by Crippen LogP contribution is -2.37. The van der Waals surface area contributed by atoms with Crippen molar-refractivity contribution in [3.8, 4) is 0 Å². The Morgan fingerprint density at radius 3 is 2.55 bits per heavy atom. The molecule has 1 aliphatic heterocycles. The number of nitrogens with one attached hydrogen (secondary N) is 1. The van der Waals surface area contributed by atoms with Crippen LogP contribution in [0.3, 0.4) is 0 Å². The first-order valence-electron chi connectivity index (χ1n) is 6.81. The van der Waals surface area contributed by atoms with Gasteiger partial charge in [-0.1, -0.05) is 36.4 Å². The third-order valence-electron chi connectivity index (χ3n) is 3.93. The van der Waals surface area contributed by atoms with Crippen molar-refractivity contribution >= 4 is 22.5 Å². The molecule has 0 saturated carbocycles. The van der Waals surface area contributed by atoms with Crippen molar-refractivity contribution in [2.75, 3.05) is 11.4 Å². The van der Waals surface area contributed by atoms with Crippen LogP contribution in [0.15, 0.2) is 54.6 Å². The number of amides is 1. The zero-order valence-electron chi connectivity index (χ0n) is 11.0. The average molecular weight is 262 g/mol. The van der Waals surface area contributed by atoms with Gasteiger partial charge in [-0.05, 0) is 30.2 Å². The average Bonchev–Trinajstić information content (AvgIpc) is 2.88. The summed E-state index contributed by atoms with van der Waals surface area (Å²) >= 11 is 0. The summed E-state index contributed by atoms with van der Waals surface area (Å²) in [5.74, 6) is 0.0636. The quantitative estimate of drug-likeness (QED) is 0.717. The maximum Gasteiger partial charge on any atom is 0.275 e. The van der Waals surface area contributed by atoms with Crippen LogP contribution in [0.1, 0.15) is 16.1 Å². The molecule has 4 rings (SSSR count). The van der Waals surface area contributed by atoms with Crippen molar-refractivity contribution in [2.45, 2.75) is 6.42 Å². The number of hydrogen-bond acceptors (Lipinski definition) is 1. The highest BCUT2D eigenvalue weighted by atomic mass is 16.2. The van der Waals surface area contributed by atoms with Gasteiger partial charge >= 0.3 is 0 Å². The van der Waals surface area contributed by atoms with E-state index >= 15 is 0 Å². The zero-order chi connectivity index (χ0) is 13.5. The molecule has 3 aromatic rings. The Kier molecular flexibility index (Phi) is 2.39. The SMILES string of the molecule is O=C1c2[nH]c3ccccc3c2CCN1c1ccccc1. The molecule has 20 heavy (non-hydrogen) atoms. The number of aromatic nitrogens is 1. The van der Waals surface area contributed by atoms with E-state index in [2.05, 4.69) is 11.1 Å². The van der Waals surface area contributed by atoms with Crippen LogP contribution < -0.4 is 4.90 Å². The maximum atomic E-state index is 12.7. The molecule has 3 nitrogen and oxygen atoms in total. The fourth-order valence-electron chi connectivity index (χ4n) is 2.96. The molecular formula is C17H14N2O. The monoisotopic (exact) mass is 262 g/mol. The third-order valence-corrected chi connectivity index (χ3v) is 3.93. The molecule has 1 aromatic heterocycles. The van der Waals surface area contributed by atoms with Gasteiger partial charge in [-0.3, -0.25) is 4.79 Å². The summed E-state index contributed by atoms with van der Waals surface area (Å²) in [6, 6.07) is 18.0. The van der Waals surface area contributed by atoms with Gasteiger partial charge in [-0.2, -0.15) is 0 Å². The molecule has 0 saturated heterocycles. The van der Waals surface area contributed by atoms with Crippen LogP contribution in [0.25, 0.3) is 10.9 Å². The minimum atomic E-state index is 0.0636. The van der Waals surface area contributed by atoms with E-state index in [1.165, 1.54) is 5.39 Å². The van der Waals surface area contributed by atoms with Crippen LogP contribution in [-0.2, 0) is 6.42 Å². The van der Waals surface area contributed by atoms with Crippen molar-refractivity contribution in [1.29, 1.82) is 0 Å². The van der Waals surface area contributed by atoms with Crippen molar-refractivity contribution in [3.63, 3.8) is 0 Å². The van der Waals surface area contributed by atoms with E-state index in [1.807, 2.05) is 53.4 Å². The number of rotatable bonds is 1. The topological polar surface area (TPSA) is 36.1 Å². The van der Waals surface area contributed by atoms with Crippen molar-refractivity contribution in [3.05, 3.63) is 65.9 Å². The van der Waals surface area contributed by atoms with Gasteiger partial charge in [0.1, 0.15) is 5.69 Å². The summed E-state index contributed by atoms with van der Waals surface area (Å²) in [6.45, 7) is 0.734. The third kappa shape index (κ3) is 1.56. The molecular weight excluding hydrogens is 248 g/mol. The summed E-state index contributed by atoms with van der Waals surface area (Å²) in [5, 5.41) is 1.17. The van der Waals surface area contributed by atoms with Crippen LogP contribution in [0.2, 0.25) is 0 Å². The molecule has 0 radical (unpaired) electrons. The molecule has 0 fully saturated rings. The molecule has 0 bridgehead atoms. The number of benzene rings is 2.